The monoisotopic (exact) mass is 522 g/mol. The lowest BCUT2D eigenvalue weighted by atomic mass is 9.99. The molecule has 1 aromatic heterocycles. The van der Waals surface area contributed by atoms with Crippen LogP contribution in [0.2, 0.25) is 5.02 Å². The molecule has 3 rings (SSSR count). The average Bonchev–Trinajstić information content (AvgIpc) is 2.83. The Balaban J connectivity index is 2.22. The van der Waals surface area contributed by atoms with Crippen molar-refractivity contribution in [3.63, 3.8) is 0 Å². The van der Waals surface area contributed by atoms with Crippen LogP contribution in [-0.4, -0.2) is 37.0 Å². The maximum Gasteiger partial charge on any atom is 0.417 e. The zero-order valence-corrected chi connectivity index (χ0v) is 19.5. The molecular formula is C23H18ClF3N4O5. The van der Waals surface area contributed by atoms with E-state index in [1.54, 1.807) is 0 Å². The van der Waals surface area contributed by atoms with Gasteiger partial charge in [-0.1, -0.05) is 17.7 Å². The fraction of sp³-hybridized carbons (Fsp3) is 0.130. The van der Waals surface area contributed by atoms with Crippen molar-refractivity contribution in [1.82, 2.24) is 10.3 Å². The molecule has 188 valence electrons. The molecule has 36 heavy (non-hydrogen) atoms. The first-order valence-corrected chi connectivity index (χ1v) is 10.4. The molecule has 0 saturated heterocycles. The number of pyridine rings is 1. The van der Waals surface area contributed by atoms with Gasteiger partial charge < -0.3 is 25.8 Å². The van der Waals surface area contributed by atoms with E-state index in [4.69, 9.17) is 26.8 Å². The van der Waals surface area contributed by atoms with E-state index >= 15 is 0 Å². The molecule has 0 aliphatic rings. The quantitative estimate of drug-likeness (QED) is 0.396. The van der Waals surface area contributed by atoms with Crippen molar-refractivity contribution in [3.8, 4) is 22.6 Å². The van der Waals surface area contributed by atoms with Crippen LogP contribution < -0.4 is 21.1 Å². The van der Waals surface area contributed by atoms with E-state index in [0.29, 0.717) is 0 Å². The highest BCUT2D eigenvalue weighted by molar-refractivity contribution is 6.31. The topological polar surface area (TPSA) is 133 Å². The number of carbonyl (C=O) groups excluding carboxylic acids is 3. The number of anilines is 1. The maximum absolute atomic E-state index is 13.4. The van der Waals surface area contributed by atoms with Gasteiger partial charge in [0, 0.05) is 19.3 Å². The van der Waals surface area contributed by atoms with Crippen molar-refractivity contribution in [2.24, 2.45) is 5.73 Å². The van der Waals surface area contributed by atoms with Gasteiger partial charge in [-0.2, -0.15) is 13.2 Å². The lowest BCUT2D eigenvalue weighted by Gasteiger charge is -2.18. The smallest absolute Gasteiger partial charge is 0.417 e. The molecule has 3 aromatic rings. The number of hydrogen-bond acceptors (Lipinski definition) is 6. The lowest BCUT2D eigenvalue weighted by molar-refractivity contribution is -0.137. The summed E-state index contributed by atoms with van der Waals surface area (Å²) in [4.78, 5) is 40.1. The van der Waals surface area contributed by atoms with Crippen LogP contribution in [0.15, 0.2) is 48.7 Å². The molecule has 0 radical (unpaired) electrons. The molecule has 0 saturated carbocycles. The molecule has 0 spiro atoms. The summed E-state index contributed by atoms with van der Waals surface area (Å²) in [7, 11) is 2.49. The Morgan fingerprint density at radius 3 is 2.39 bits per heavy atom. The number of nitrogens with zero attached hydrogens (tertiary/aromatic N) is 1. The second-order valence-electron chi connectivity index (χ2n) is 7.13. The number of halogens is 4. The minimum atomic E-state index is -4.74. The van der Waals surface area contributed by atoms with Gasteiger partial charge in [0.15, 0.2) is 5.75 Å². The summed E-state index contributed by atoms with van der Waals surface area (Å²) in [6, 6.07) is 7.25. The number of primary amides is 1. The fourth-order valence-corrected chi connectivity index (χ4v) is 3.38. The predicted molar refractivity (Wildman–Crippen MR) is 124 cm³/mol. The third-order valence-electron chi connectivity index (χ3n) is 4.77. The molecule has 0 fully saturated rings. The van der Waals surface area contributed by atoms with Crippen LogP contribution in [0, 0.1) is 0 Å². The van der Waals surface area contributed by atoms with E-state index in [1.165, 1.54) is 43.6 Å². The lowest BCUT2D eigenvalue weighted by Crippen LogP contribution is -2.20. The molecule has 2 aromatic carbocycles. The Morgan fingerprint density at radius 1 is 1.06 bits per heavy atom. The molecule has 13 heteroatoms. The highest BCUT2D eigenvalue weighted by Crippen LogP contribution is 2.41. The van der Waals surface area contributed by atoms with Crippen molar-refractivity contribution < 1.29 is 37.0 Å². The van der Waals surface area contributed by atoms with E-state index in [1.807, 2.05) is 0 Å². The highest BCUT2D eigenvalue weighted by Gasteiger charge is 2.33. The molecule has 0 bridgehead atoms. The van der Waals surface area contributed by atoms with Gasteiger partial charge in [-0.05, 0) is 41.5 Å². The average molecular weight is 523 g/mol. The number of methoxy groups -OCH3 is 1. The minimum absolute atomic E-state index is 0.00325. The Morgan fingerprint density at radius 2 is 1.78 bits per heavy atom. The summed E-state index contributed by atoms with van der Waals surface area (Å²) in [5, 5.41) is 4.18. The van der Waals surface area contributed by atoms with Gasteiger partial charge in [-0.25, -0.2) is 9.59 Å². The largest absolute Gasteiger partial charge is 0.465 e. The maximum atomic E-state index is 13.4. The van der Waals surface area contributed by atoms with Crippen LogP contribution in [0.1, 0.15) is 26.4 Å². The van der Waals surface area contributed by atoms with Gasteiger partial charge in [0.05, 0.1) is 23.4 Å². The zero-order valence-electron chi connectivity index (χ0n) is 18.7. The first kappa shape index (κ1) is 26.3. The molecule has 4 N–H and O–H groups in total. The number of benzene rings is 2. The Kier molecular flexibility index (Phi) is 7.68. The molecular weight excluding hydrogens is 505 g/mol. The van der Waals surface area contributed by atoms with Crippen molar-refractivity contribution >= 4 is 35.2 Å². The Labute approximate surface area is 207 Å². The van der Waals surface area contributed by atoms with Crippen LogP contribution in [0.4, 0.5) is 23.7 Å². The number of nitrogens with two attached hydrogens (primary N) is 1. The van der Waals surface area contributed by atoms with E-state index in [0.717, 1.165) is 19.2 Å². The van der Waals surface area contributed by atoms with Gasteiger partial charge in [-0.15, -0.1) is 0 Å². The van der Waals surface area contributed by atoms with Crippen molar-refractivity contribution in [2.45, 2.75) is 6.18 Å². The fourth-order valence-electron chi connectivity index (χ4n) is 3.16. The number of urea groups is 1. The van der Waals surface area contributed by atoms with E-state index < -0.39 is 34.7 Å². The molecule has 0 atom stereocenters. The van der Waals surface area contributed by atoms with Crippen LogP contribution in [0.5, 0.6) is 11.5 Å². The second kappa shape index (κ2) is 10.5. The highest BCUT2D eigenvalue weighted by atomic mass is 35.5. The van der Waals surface area contributed by atoms with Gasteiger partial charge in [0.2, 0.25) is 0 Å². The first-order chi connectivity index (χ1) is 16.9. The standard InChI is InChI=1S/C23H18ClF3N4O5/c1-29-20(32)18-10-13(5-6-30-18)36-19-14(21(33)35-2)7-12(9-17(19)31-22(28)34)11-3-4-16(24)15(8-11)23(25,26)27/h3-10H,1-2H3,(H,29,32)(H3,28,31,34). The number of amides is 3. The van der Waals surface area contributed by atoms with Crippen molar-refractivity contribution in [1.29, 1.82) is 0 Å². The number of carbonyl (C=O) groups is 3. The van der Waals surface area contributed by atoms with E-state index in [2.05, 4.69) is 15.6 Å². The van der Waals surface area contributed by atoms with Crippen LogP contribution >= 0.6 is 11.6 Å². The Hall–Kier alpha value is -4.32. The molecule has 0 aliphatic heterocycles. The molecule has 1 heterocycles. The number of esters is 1. The van der Waals surface area contributed by atoms with E-state index in [9.17, 15) is 27.6 Å². The minimum Gasteiger partial charge on any atom is -0.465 e. The van der Waals surface area contributed by atoms with Crippen LogP contribution in [-0.2, 0) is 10.9 Å². The summed E-state index contributed by atoms with van der Waals surface area (Å²) in [5.74, 6) is -1.61. The second-order valence-corrected chi connectivity index (χ2v) is 7.54. The predicted octanol–water partition coefficient (Wildman–Crippen LogP) is 4.85. The number of nitrogens with one attached hydrogen (secondary N) is 2. The van der Waals surface area contributed by atoms with Gasteiger partial charge in [0.25, 0.3) is 5.91 Å². The van der Waals surface area contributed by atoms with Crippen molar-refractivity contribution in [3.05, 3.63) is 70.5 Å². The summed E-state index contributed by atoms with van der Waals surface area (Å²) in [5.41, 5.74) is 3.89. The number of alkyl halides is 3. The molecule has 0 unspecified atom stereocenters. The third-order valence-corrected chi connectivity index (χ3v) is 5.10. The SMILES string of the molecule is CNC(=O)c1cc(Oc2c(NC(N)=O)cc(-c3ccc(Cl)c(C(F)(F)F)c3)cc2C(=O)OC)ccn1. The molecule has 3 amide bonds. The third kappa shape index (κ3) is 5.84. The normalized spacial score (nSPS) is 10.9. The molecule has 0 aliphatic carbocycles. The summed E-state index contributed by atoms with van der Waals surface area (Å²) in [6.45, 7) is 0. The van der Waals surface area contributed by atoms with Gasteiger partial charge >= 0.3 is 18.2 Å². The summed E-state index contributed by atoms with van der Waals surface area (Å²) >= 11 is 5.71. The number of hydrogen-bond donors (Lipinski definition) is 3. The number of ether oxygens (including phenoxy) is 2. The van der Waals surface area contributed by atoms with Crippen LogP contribution in [0.3, 0.4) is 0 Å². The van der Waals surface area contributed by atoms with Crippen LogP contribution in [0.25, 0.3) is 11.1 Å². The van der Waals surface area contributed by atoms with Gasteiger partial charge in [-0.3, -0.25) is 9.78 Å². The van der Waals surface area contributed by atoms with Crippen molar-refractivity contribution in [2.75, 3.05) is 19.5 Å². The summed E-state index contributed by atoms with van der Waals surface area (Å²) in [6.07, 6.45) is -3.46. The zero-order chi connectivity index (χ0) is 26.6. The Bertz CT molecular complexity index is 1350. The van der Waals surface area contributed by atoms with Gasteiger partial charge in [0.1, 0.15) is 17.0 Å². The summed E-state index contributed by atoms with van der Waals surface area (Å²) < 4.78 is 50.8. The first-order valence-electron chi connectivity index (χ1n) is 10.0. The molecule has 9 nitrogen and oxygen atoms in total. The number of aromatic nitrogens is 1. The number of rotatable bonds is 6. The van der Waals surface area contributed by atoms with E-state index in [-0.39, 0.29) is 39.6 Å².